The van der Waals surface area contributed by atoms with Crippen molar-refractivity contribution in [3.63, 3.8) is 0 Å². The molecule has 9 heteroatoms. The van der Waals surface area contributed by atoms with Gasteiger partial charge in [-0.05, 0) is 23.1 Å². The summed E-state index contributed by atoms with van der Waals surface area (Å²) in [5, 5.41) is 6.87. The number of nitrogens with one attached hydrogen (secondary N) is 1. The van der Waals surface area contributed by atoms with Crippen LogP contribution in [0.4, 0.5) is 5.82 Å². The van der Waals surface area contributed by atoms with E-state index in [4.69, 9.17) is 4.74 Å². The van der Waals surface area contributed by atoms with Crippen LogP contribution in [-0.4, -0.2) is 47.5 Å². The number of sulfone groups is 1. The number of carbonyl (C=O) groups excluding carboxylic acids is 1. The van der Waals surface area contributed by atoms with Gasteiger partial charge < -0.3 is 10.1 Å². The van der Waals surface area contributed by atoms with Gasteiger partial charge in [0, 0.05) is 24.0 Å². The van der Waals surface area contributed by atoms with Crippen LogP contribution in [0, 0.1) is 0 Å². The van der Waals surface area contributed by atoms with E-state index in [1.807, 2.05) is 12.1 Å². The number of nitrogens with zero attached hydrogens (tertiary/aromatic N) is 3. The maximum atomic E-state index is 12.6. The van der Waals surface area contributed by atoms with Gasteiger partial charge in [0.25, 0.3) is 5.91 Å². The van der Waals surface area contributed by atoms with Crippen LogP contribution in [0.1, 0.15) is 36.7 Å². The molecule has 0 unspecified atom stereocenters. The molecule has 0 aliphatic rings. The Kier molecular flexibility index (Phi) is 5.61. The molecule has 0 bridgehead atoms. The summed E-state index contributed by atoms with van der Waals surface area (Å²) in [7, 11) is -3.15. The molecule has 2 aromatic heterocycles. The summed E-state index contributed by atoms with van der Waals surface area (Å²) >= 11 is 0. The summed E-state index contributed by atoms with van der Waals surface area (Å²) in [6.07, 6.45) is 2.69. The summed E-state index contributed by atoms with van der Waals surface area (Å²) in [6, 6.07) is 10.6. The van der Waals surface area contributed by atoms with Gasteiger partial charge in [-0.25, -0.2) is 13.4 Å². The van der Waals surface area contributed by atoms with Gasteiger partial charge in [0.15, 0.2) is 15.5 Å². The Morgan fingerprint density at radius 3 is 2.48 bits per heavy atom. The van der Waals surface area contributed by atoms with E-state index in [0.29, 0.717) is 17.1 Å². The second-order valence-electron chi connectivity index (χ2n) is 7.84. The first-order valence-corrected chi connectivity index (χ1v) is 11.2. The zero-order valence-electron chi connectivity index (χ0n) is 16.8. The molecule has 154 valence electrons. The molecule has 0 radical (unpaired) electrons. The van der Waals surface area contributed by atoms with Crippen LogP contribution in [0.15, 0.2) is 42.6 Å². The Labute approximate surface area is 169 Å². The topological polar surface area (TPSA) is 103 Å². The molecule has 0 aliphatic heterocycles. The molecular formula is C20H24N4O4S. The van der Waals surface area contributed by atoms with Crippen LogP contribution in [0.3, 0.4) is 0 Å². The summed E-state index contributed by atoms with van der Waals surface area (Å²) < 4.78 is 29.6. The van der Waals surface area contributed by atoms with Crippen molar-refractivity contribution < 1.29 is 17.9 Å². The first-order chi connectivity index (χ1) is 13.5. The molecule has 0 saturated heterocycles. The van der Waals surface area contributed by atoms with Gasteiger partial charge in [0.2, 0.25) is 5.88 Å². The number of anilines is 1. The maximum absolute atomic E-state index is 12.6. The van der Waals surface area contributed by atoms with Crippen molar-refractivity contribution in [2.45, 2.75) is 26.2 Å². The second-order valence-corrected chi connectivity index (χ2v) is 10.1. The van der Waals surface area contributed by atoms with Crippen LogP contribution >= 0.6 is 0 Å². The van der Waals surface area contributed by atoms with Gasteiger partial charge in [-0.3, -0.25) is 4.79 Å². The third kappa shape index (κ3) is 5.32. The number of rotatable bonds is 6. The van der Waals surface area contributed by atoms with E-state index in [1.54, 1.807) is 24.4 Å². The second kappa shape index (κ2) is 7.82. The molecule has 1 N–H and O–H groups in total. The largest absolute Gasteiger partial charge is 0.476 e. The fourth-order valence-electron chi connectivity index (χ4n) is 2.66. The molecule has 0 atom stereocenters. The van der Waals surface area contributed by atoms with Crippen molar-refractivity contribution in [1.29, 1.82) is 0 Å². The van der Waals surface area contributed by atoms with Crippen molar-refractivity contribution in [1.82, 2.24) is 14.6 Å². The Hall–Kier alpha value is -2.94. The molecule has 0 fully saturated rings. The van der Waals surface area contributed by atoms with Crippen LogP contribution in [-0.2, 0) is 15.3 Å². The number of carbonyl (C=O) groups is 1. The molecule has 1 aromatic carbocycles. The van der Waals surface area contributed by atoms with Crippen LogP contribution in [0.25, 0.3) is 5.65 Å². The van der Waals surface area contributed by atoms with E-state index >= 15 is 0 Å². The first kappa shape index (κ1) is 20.8. The van der Waals surface area contributed by atoms with E-state index < -0.39 is 9.84 Å². The van der Waals surface area contributed by atoms with Crippen LogP contribution < -0.4 is 10.1 Å². The molecule has 0 aliphatic carbocycles. The van der Waals surface area contributed by atoms with Gasteiger partial charge >= 0.3 is 0 Å². The zero-order chi connectivity index (χ0) is 21.2. The van der Waals surface area contributed by atoms with E-state index in [1.165, 1.54) is 10.6 Å². The zero-order valence-corrected chi connectivity index (χ0v) is 17.7. The molecule has 3 rings (SSSR count). The van der Waals surface area contributed by atoms with E-state index in [-0.39, 0.29) is 29.5 Å². The number of hydrogen-bond donors (Lipinski definition) is 1. The van der Waals surface area contributed by atoms with Gasteiger partial charge in [0.1, 0.15) is 12.4 Å². The minimum atomic E-state index is -3.15. The van der Waals surface area contributed by atoms with Gasteiger partial charge in [-0.1, -0.05) is 32.9 Å². The first-order valence-electron chi connectivity index (χ1n) is 9.10. The highest BCUT2D eigenvalue weighted by atomic mass is 32.2. The van der Waals surface area contributed by atoms with E-state index in [9.17, 15) is 13.2 Å². The molecule has 3 aromatic rings. The minimum absolute atomic E-state index is 0.00180. The lowest BCUT2D eigenvalue weighted by Crippen LogP contribution is -2.16. The van der Waals surface area contributed by atoms with Crippen molar-refractivity contribution in [2.75, 3.05) is 23.9 Å². The Bertz CT molecular complexity index is 1130. The molecule has 0 saturated carbocycles. The smallest absolute Gasteiger partial charge is 0.256 e. The standard InChI is InChI=1S/C20H24N4O4S/c1-20(2,3)15-7-5-14(6-8-15)19(25)23-16-13-18(28-11-12-29(4,26)27)24-17(22-16)9-10-21-24/h5-10,13H,11-12H2,1-4H3,(H,22,23,25). The Morgan fingerprint density at radius 2 is 1.86 bits per heavy atom. The predicted octanol–water partition coefficient (Wildman–Crippen LogP) is 2.70. The van der Waals surface area contributed by atoms with Gasteiger partial charge in [-0.15, -0.1) is 0 Å². The fourth-order valence-corrected chi connectivity index (χ4v) is 3.05. The average molecular weight is 417 g/mol. The van der Waals surface area contributed by atoms with Crippen LogP contribution in [0.2, 0.25) is 0 Å². The summed E-state index contributed by atoms with van der Waals surface area (Å²) in [4.78, 5) is 17.0. The molecule has 0 spiro atoms. The minimum Gasteiger partial charge on any atom is -0.476 e. The number of amides is 1. The summed E-state index contributed by atoms with van der Waals surface area (Å²) in [5.74, 6) is 0.156. The number of hydrogen-bond acceptors (Lipinski definition) is 6. The summed E-state index contributed by atoms with van der Waals surface area (Å²) in [6.45, 7) is 6.30. The fraction of sp³-hybridized carbons (Fsp3) is 0.350. The highest BCUT2D eigenvalue weighted by molar-refractivity contribution is 7.90. The van der Waals surface area contributed by atoms with Crippen molar-refractivity contribution in [3.8, 4) is 5.88 Å². The highest BCUT2D eigenvalue weighted by Crippen LogP contribution is 2.23. The maximum Gasteiger partial charge on any atom is 0.256 e. The van der Waals surface area contributed by atoms with Crippen LogP contribution in [0.5, 0.6) is 5.88 Å². The van der Waals surface area contributed by atoms with Crippen molar-refractivity contribution >= 4 is 27.2 Å². The average Bonchev–Trinajstić information content (AvgIpc) is 3.08. The number of benzene rings is 1. The number of fused-ring (bicyclic) bond motifs is 1. The lowest BCUT2D eigenvalue weighted by atomic mass is 9.87. The van der Waals surface area contributed by atoms with Crippen molar-refractivity contribution in [3.05, 3.63) is 53.7 Å². The third-order valence-corrected chi connectivity index (χ3v) is 5.19. The SMILES string of the molecule is CC(C)(C)c1ccc(C(=O)Nc2cc(OCCS(C)(=O)=O)n3nccc3n2)cc1. The van der Waals surface area contributed by atoms with E-state index in [2.05, 4.69) is 36.2 Å². The normalized spacial score (nSPS) is 12.1. The third-order valence-electron chi connectivity index (χ3n) is 4.29. The molecule has 1 amide bonds. The molecule has 29 heavy (non-hydrogen) atoms. The Morgan fingerprint density at radius 1 is 1.17 bits per heavy atom. The van der Waals surface area contributed by atoms with Crippen molar-refractivity contribution in [2.24, 2.45) is 0 Å². The van der Waals surface area contributed by atoms with Gasteiger partial charge in [0.05, 0.1) is 11.9 Å². The predicted molar refractivity (Wildman–Crippen MR) is 111 cm³/mol. The number of aromatic nitrogens is 3. The molecular weight excluding hydrogens is 392 g/mol. The highest BCUT2D eigenvalue weighted by Gasteiger charge is 2.16. The Balaban J connectivity index is 1.79. The summed E-state index contributed by atoms with van der Waals surface area (Å²) in [5.41, 5.74) is 2.12. The lowest BCUT2D eigenvalue weighted by molar-refractivity contribution is 0.102. The molecule has 8 nitrogen and oxygen atoms in total. The quantitative estimate of drug-likeness (QED) is 0.663. The number of ether oxygens (including phenoxy) is 1. The monoisotopic (exact) mass is 416 g/mol. The van der Waals surface area contributed by atoms with Gasteiger partial charge in [-0.2, -0.15) is 9.61 Å². The lowest BCUT2D eigenvalue weighted by Gasteiger charge is -2.19. The molecule has 2 heterocycles. The van der Waals surface area contributed by atoms with E-state index in [0.717, 1.165) is 11.8 Å².